The van der Waals surface area contributed by atoms with Crippen molar-refractivity contribution in [2.24, 2.45) is 5.73 Å². The Morgan fingerprint density at radius 3 is 1.91 bits per heavy atom. The molecular formula is C20H35NOS. The molecule has 1 aromatic carbocycles. The summed E-state index contributed by atoms with van der Waals surface area (Å²) in [6.07, 6.45) is 6.50. The Labute approximate surface area is 148 Å². The fourth-order valence-corrected chi connectivity index (χ4v) is 2.70. The van der Waals surface area contributed by atoms with E-state index in [1.54, 1.807) is 18.9 Å². The van der Waals surface area contributed by atoms with Crippen LogP contribution >= 0.6 is 11.8 Å². The number of nitrogens with two attached hydrogens (primary N) is 1. The lowest BCUT2D eigenvalue weighted by Crippen LogP contribution is -2.02. The van der Waals surface area contributed by atoms with Crippen molar-refractivity contribution in [3.63, 3.8) is 0 Å². The van der Waals surface area contributed by atoms with E-state index in [1.165, 1.54) is 10.5 Å². The van der Waals surface area contributed by atoms with Crippen LogP contribution in [0.2, 0.25) is 0 Å². The summed E-state index contributed by atoms with van der Waals surface area (Å²) in [5, 5.41) is 0. The molecule has 2 N–H and O–H groups in total. The summed E-state index contributed by atoms with van der Waals surface area (Å²) in [6.45, 7) is 12.0. The summed E-state index contributed by atoms with van der Waals surface area (Å²) in [4.78, 5) is 1.21. The highest BCUT2D eigenvalue weighted by Crippen LogP contribution is 2.29. The topological polar surface area (TPSA) is 35.2 Å². The smallest absolute Gasteiger partial charge is 0.118 e. The minimum atomic E-state index is 0.898. The lowest BCUT2D eigenvalue weighted by Gasteiger charge is -2.12. The predicted octanol–water partition coefficient (Wildman–Crippen LogP) is 6.53. The number of hydrogen-bond donors (Lipinski definition) is 1. The Balaban J connectivity index is 0. The number of rotatable bonds is 4. The van der Waals surface area contributed by atoms with Gasteiger partial charge in [0.25, 0.3) is 0 Å². The molecule has 0 aliphatic heterocycles. The lowest BCUT2D eigenvalue weighted by atomic mass is 10.1. The number of allylic oxidation sites excluding steroid dienone is 2. The van der Waals surface area contributed by atoms with Gasteiger partial charge in [0.15, 0.2) is 0 Å². The maximum absolute atomic E-state index is 5.94. The molecule has 1 aliphatic carbocycles. The molecule has 0 unspecified atom stereocenters. The monoisotopic (exact) mass is 337 g/mol. The average Bonchev–Trinajstić information content (AvgIpc) is 2.66. The largest absolute Gasteiger partial charge is 0.497 e. The van der Waals surface area contributed by atoms with Crippen molar-refractivity contribution in [2.45, 2.75) is 60.1 Å². The van der Waals surface area contributed by atoms with Gasteiger partial charge in [-0.05, 0) is 30.5 Å². The van der Waals surface area contributed by atoms with Gasteiger partial charge in [-0.1, -0.05) is 65.8 Å². The second-order valence-electron chi connectivity index (χ2n) is 3.94. The summed E-state index contributed by atoms with van der Waals surface area (Å²) in [6, 6.07) is 8.17. The van der Waals surface area contributed by atoms with E-state index in [0.717, 1.165) is 30.0 Å². The second-order valence-corrected chi connectivity index (χ2v) is 4.96. The third kappa shape index (κ3) is 10.1. The van der Waals surface area contributed by atoms with Crippen molar-refractivity contribution in [1.82, 2.24) is 0 Å². The molecule has 2 nitrogen and oxygen atoms in total. The molecule has 0 heterocycles. The van der Waals surface area contributed by atoms with Gasteiger partial charge >= 0.3 is 0 Å². The predicted molar refractivity (Wildman–Crippen MR) is 108 cm³/mol. The van der Waals surface area contributed by atoms with E-state index in [-0.39, 0.29) is 0 Å². The summed E-state index contributed by atoms with van der Waals surface area (Å²) in [5.74, 6) is 1.85. The fourth-order valence-electron chi connectivity index (χ4n) is 1.70. The Morgan fingerprint density at radius 1 is 0.913 bits per heavy atom. The lowest BCUT2D eigenvalue weighted by molar-refractivity contribution is 0.414. The van der Waals surface area contributed by atoms with Gasteiger partial charge in [-0.25, -0.2) is 0 Å². The first-order chi connectivity index (χ1) is 11.3. The fraction of sp³-hybridized carbons (Fsp3) is 0.500. The number of thioether (sulfide) groups is 1. The highest BCUT2D eigenvalue weighted by Gasteiger charge is 2.06. The molecule has 2 rings (SSSR count). The number of ether oxygens (including phenoxy) is 1. The van der Waals surface area contributed by atoms with E-state index in [4.69, 9.17) is 10.5 Å². The number of methoxy groups -OCH3 is 1. The van der Waals surface area contributed by atoms with Crippen LogP contribution < -0.4 is 10.5 Å². The van der Waals surface area contributed by atoms with Crippen molar-refractivity contribution >= 4 is 11.8 Å². The zero-order valence-corrected chi connectivity index (χ0v) is 16.8. The van der Waals surface area contributed by atoms with Crippen LogP contribution in [0.3, 0.4) is 0 Å². The molecule has 0 spiro atoms. The van der Waals surface area contributed by atoms with Crippen LogP contribution in [0.1, 0.15) is 59.9 Å². The van der Waals surface area contributed by atoms with Gasteiger partial charge in [0.1, 0.15) is 5.75 Å². The van der Waals surface area contributed by atoms with E-state index < -0.39 is 0 Å². The van der Waals surface area contributed by atoms with Crippen LogP contribution in [-0.2, 0) is 5.75 Å². The average molecular weight is 338 g/mol. The van der Waals surface area contributed by atoms with E-state index in [1.807, 2.05) is 53.7 Å². The van der Waals surface area contributed by atoms with Crippen molar-refractivity contribution in [3.8, 4) is 5.75 Å². The Hall–Kier alpha value is -1.35. The van der Waals surface area contributed by atoms with Crippen LogP contribution in [-0.4, -0.2) is 7.11 Å². The number of hydrogen-bond acceptors (Lipinski definition) is 3. The first kappa shape index (κ1) is 23.9. The quantitative estimate of drug-likeness (QED) is 0.678. The molecule has 0 bridgehead atoms. The molecule has 1 aliphatic rings. The highest BCUT2D eigenvalue weighted by molar-refractivity contribution is 8.02. The van der Waals surface area contributed by atoms with Gasteiger partial charge in [0.05, 0.1) is 7.11 Å². The van der Waals surface area contributed by atoms with E-state index in [0.29, 0.717) is 0 Å². The van der Waals surface area contributed by atoms with Crippen molar-refractivity contribution in [1.29, 1.82) is 0 Å². The Kier molecular flexibility index (Phi) is 17.7. The van der Waals surface area contributed by atoms with E-state index in [9.17, 15) is 0 Å². The Bertz CT molecular complexity index is 435. The Morgan fingerprint density at radius 2 is 1.43 bits per heavy atom. The normalized spacial score (nSPS) is 12.0. The first-order valence-electron chi connectivity index (χ1n) is 8.71. The van der Waals surface area contributed by atoms with Gasteiger partial charge in [-0.15, -0.1) is 11.8 Å². The van der Waals surface area contributed by atoms with Crippen molar-refractivity contribution in [3.05, 3.63) is 52.6 Å². The molecule has 0 radical (unpaired) electrons. The van der Waals surface area contributed by atoms with Crippen LogP contribution in [0.5, 0.6) is 5.75 Å². The molecule has 0 aromatic heterocycles. The molecular weight excluding hydrogens is 302 g/mol. The molecule has 23 heavy (non-hydrogen) atoms. The molecule has 0 amide bonds. The first-order valence-corrected chi connectivity index (χ1v) is 9.70. The van der Waals surface area contributed by atoms with Crippen LogP contribution in [0.15, 0.2) is 47.0 Å². The summed E-state index contributed by atoms with van der Waals surface area (Å²) in [7, 11) is 1.68. The van der Waals surface area contributed by atoms with Gasteiger partial charge in [-0.3, -0.25) is 0 Å². The van der Waals surface area contributed by atoms with Crippen molar-refractivity contribution in [2.75, 3.05) is 7.11 Å². The zero-order chi connectivity index (χ0) is 18.1. The SMILES string of the molecule is CC.CC.CC.COc1ccc(CSC2=CCCC=C2N)cc1. The van der Waals surface area contributed by atoms with Gasteiger partial charge in [0.2, 0.25) is 0 Å². The maximum atomic E-state index is 5.94. The molecule has 0 saturated heterocycles. The van der Waals surface area contributed by atoms with Crippen molar-refractivity contribution < 1.29 is 4.74 Å². The van der Waals surface area contributed by atoms with E-state index in [2.05, 4.69) is 24.3 Å². The molecule has 132 valence electrons. The minimum absolute atomic E-state index is 0.898. The summed E-state index contributed by atoms with van der Waals surface area (Å²) < 4.78 is 5.13. The summed E-state index contributed by atoms with van der Waals surface area (Å²) >= 11 is 1.80. The summed E-state index contributed by atoms with van der Waals surface area (Å²) in [5.41, 5.74) is 8.15. The van der Waals surface area contributed by atoms with Gasteiger partial charge < -0.3 is 10.5 Å². The third-order valence-electron chi connectivity index (χ3n) is 2.70. The van der Waals surface area contributed by atoms with Crippen LogP contribution in [0, 0.1) is 0 Å². The third-order valence-corrected chi connectivity index (χ3v) is 3.89. The molecule has 3 heteroatoms. The number of benzene rings is 1. The second kappa shape index (κ2) is 17.0. The van der Waals surface area contributed by atoms with Gasteiger partial charge in [0, 0.05) is 16.4 Å². The maximum Gasteiger partial charge on any atom is 0.118 e. The molecule has 0 saturated carbocycles. The zero-order valence-electron chi connectivity index (χ0n) is 16.0. The molecule has 0 fully saturated rings. The molecule has 0 atom stereocenters. The molecule has 1 aromatic rings. The van der Waals surface area contributed by atoms with Gasteiger partial charge in [-0.2, -0.15) is 0 Å². The van der Waals surface area contributed by atoms with E-state index >= 15 is 0 Å². The van der Waals surface area contributed by atoms with Crippen LogP contribution in [0.4, 0.5) is 0 Å². The van der Waals surface area contributed by atoms with Crippen LogP contribution in [0.25, 0.3) is 0 Å². The highest BCUT2D eigenvalue weighted by atomic mass is 32.2. The standard InChI is InChI=1S/C14H17NOS.3C2H6/c1-16-12-8-6-11(7-9-12)10-17-14-5-3-2-4-13(14)15;3*1-2/h4-9H,2-3,10,15H2,1H3;3*1-2H3. The minimum Gasteiger partial charge on any atom is -0.497 e.